The van der Waals surface area contributed by atoms with Crippen LogP contribution in [0, 0.1) is 6.92 Å². The Morgan fingerprint density at radius 2 is 2.11 bits per heavy atom. The maximum absolute atomic E-state index is 9.72. The number of hydrogen-bond acceptors (Lipinski definition) is 4. The van der Waals surface area contributed by atoms with Gasteiger partial charge >= 0.3 is 0 Å². The third-order valence-electron chi connectivity index (χ3n) is 2.86. The summed E-state index contributed by atoms with van der Waals surface area (Å²) in [7, 11) is 0. The number of aliphatic hydroxyl groups excluding tert-OH is 1. The Hall–Kier alpha value is -1.94. The second-order valence-corrected chi connectivity index (χ2v) is 4.43. The summed E-state index contributed by atoms with van der Waals surface area (Å²) in [5.41, 5.74) is 2.52. The average molecular weight is 258 g/mol. The van der Waals surface area contributed by atoms with Gasteiger partial charge in [0.15, 0.2) is 5.75 Å². The van der Waals surface area contributed by atoms with Crippen LogP contribution in [-0.2, 0) is 6.42 Å². The molecule has 2 rings (SSSR count). The first-order chi connectivity index (χ1) is 9.11. The molecule has 0 aliphatic heterocycles. The Labute approximate surface area is 113 Å². The van der Waals surface area contributed by atoms with Gasteiger partial charge in [0.05, 0.1) is 11.8 Å². The van der Waals surface area contributed by atoms with E-state index in [2.05, 4.69) is 9.97 Å². The molecule has 0 aromatic carbocycles. The predicted octanol–water partition coefficient (Wildman–Crippen LogP) is 3.19. The van der Waals surface area contributed by atoms with E-state index < -0.39 is 6.10 Å². The lowest BCUT2D eigenvalue weighted by Gasteiger charge is -2.13. The first-order valence-corrected chi connectivity index (χ1v) is 6.39. The minimum Gasteiger partial charge on any atom is -0.437 e. The molecule has 2 aromatic rings. The minimum atomic E-state index is -0.618. The SMILES string of the molecule is CCc1nc(C)ccc1Oc1ncccc1[C@@H](C)O. The largest absolute Gasteiger partial charge is 0.437 e. The highest BCUT2D eigenvalue weighted by molar-refractivity contribution is 5.36. The van der Waals surface area contributed by atoms with Crippen molar-refractivity contribution in [3.63, 3.8) is 0 Å². The fourth-order valence-electron chi connectivity index (χ4n) is 1.85. The third kappa shape index (κ3) is 3.09. The van der Waals surface area contributed by atoms with Crippen molar-refractivity contribution in [2.75, 3.05) is 0 Å². The van der Waals surface area contributed by atoms with Gasteiger partial charge in [-0.1, -0.05) is 6.92 Å². The quantitative estimate of drug-likeness (QED) is 0.915. The summed E-state index contributed by atoms with van der Waals surface area (Å²) in [4.78, 5) is 8.63. The smallest absolute Gasteiger partial charge is 0.225 e. The van der Waals surface area contributed by atoms with Crippen molar-refractivity contribution in [1.29, 1.82) is 0 Å². The number of aromatic nitrogens is 2. The van der Waals surface area contributed by atoms with Gasteiger partial charge in [-0.05, 0) is 44.5 Å². The predicted molar refractivity (Wildman–Crippen MR) is 73.3 cm³/mol. The summed E-state index contributed by atoms with van der Waals surface area (Å²) < 4.78 is 5.81. The molecule has 0 radical (unpaired) electrons. The fraction of sp³-hybridized carbons (Fsp3) is 0.333. The highest BCUT2D eigenvalue weighted by Crippen LogP contribution is 2.29. The zero-order valence-corrected chi connectivity index (χ0v) is 11.4. The number of pyridine rings is 2. The lowest BCUT2D eigenvalue weighted by molar-refractivity contribution is 0.194. The van der Waals surface area contributed by atoms with Crippen LogP contribution in [0.3, 0.4) is 0 Å². The van der Waals surface area contributed by atoms with E-state index >= 15 is 0 Å². The molecule has 0 aliphatic carbocycles. The van der Waals surface area contributed by atoms with Gasteiger partial charge in [0, 0.05) is 17.5 Å². The van der Waals surface area contributed by atoms with E-state index in [0.717, 1.165) is 17.8 Å². The van der Waals surface area contributed by atoms with Crippen LogP contribution in [0.4, 0.5) is 0 Å². The Kier molecular flexibility index (Phi) is 4.12. The second-order valence-electron chi connectivity index (χ2n) is 4.43. The van der Waals surface area contributed by atoms with Crippen LogP contribution in [0.2, 0.25) is 0 Å². The van der Waals surface area contributed by atoms with Gasteiger partial charge < -0.3 is 9.84 Å². The normalized spacial score (nSPS) is 12.2. The molecule has 0 saturated carbocycles. The van der Waals surface area contributed by atoms with Crippen LogP contribution < -0.4 is 4.74 Å². The molecular weight excluding hydrogens is 240 g/mol. The molecule has 0 bridgehead atoms. The highest BCUT2D eigenvalue weighted by Gasteiger charge is 2.13. The molecule has 0 unspecified atom stereocenters. The van der Waals surface area contributed by atoms with E-state index in [1.807, 2.05) is 26.0 Å². The highest BCUT2D eigenvalue weighted by atomic mass is 16.5. The molecule has 0 fully saturated rings. The fourth-order valence-corrected chi connectivity index (χ4v) is 1.85. The Morgan fingerprint density at radius 3 is 2.79 bits per heavy atom. The number of ether oxygens (including phenoxy) is 1. The first-order valence-electron chi connectivity index (χ1n) is 6.39. The maximum Gasteiger partial charge on any atom is 0.225 e. The van der Waals surface area contributed by atoms with Crippen LogP contribution in [-0.4, -0.2) is 15.1 Å². The summed E-state index contributed by atoms with van der Waals surface area (Å²) in [5, 5.41) is 9.72. The molecule has 19 heavy (non-hydrogen) atoms. The first kappa shape index (κ1) is 13.5. The summed E-state index contributed by atoms with van der Waals surface area (Å²) in [6.45, 7) is 5.67. The summed E-state index contributed by atoms with van der Waals surface area (Å²) in [6, 6.07) is 7.38. The molecule has 0 saturated heterocycles. The van der Waals surface area contributed by atoms with E-state index in [4.69, 9.17) is 4.74 Å². The number of nitrogens with zero attached hydrogens (tertiary/aromatic N) is 2. The van der Waals surface area contributed by atoms with Crippen molar-refractivity contribution in [2.24, 2.45) is 0 Å². The molecule has 1 atom stereocenters. The van der Waals surface area contributed by atoms with Crippen molar-refractivity contribution in [1.82, 2.24) is 9.97 Å². The van der Waals surface area contributed by atoms with Gasteiger partial charge in [0.1, 0.15) is 0 Å². The van der Waals surface area contributed by atoms with E-state index in [0.29, 0.717) is 17.2 Å². The zero-order chi connectivity index (χ0) is 13.8. The van der Waals surface area contributed by atoms with Gasteiger partial charge in [0.25, 0.3) is 0 Å². The number of rotatable bonds is 4. The standard InChI is InChI=1S/C15H18N2O2/c1-4-13-14(8-7-10(2)17-13)19-15-12(11(3)18)6-5-9-16-15/h5-9,11,18H,4H2,1-3H3/t11-/m1/s1. The monoisotopic (exact) mass is 258 g/mol. The number of hydrogen-bond donors (Lipinski definition) is 1. The van der Waals surface area contributed by atoms with Crippen LogP contribution in [0.1, 0.15) is 36.9 Å². The van der Waals surface area contributed by atoms with Crippen LogP contribution in [0.5, 0.6) is 11.6 Å². The maximum atomic E-state index is 9.72. The van der Waals surface area contributed by atoms with Crippen molar-refractivity contribution in [3.8, 4) is 11.6 Å². The Balaban J connectivity index is 2.36. The van der Waals surface area contributed by atoms with Crippen LogP contribution in [0.15, 0.2) is 30.5 Å². The molecule has 1 N–H and O–H groups in total. The number of aliphatic hydroxyl groups is 1. The summed E-state index contributed by atoms with van der Waals surface area (Å²) in [5.74, 6) is 1.12. The molecule has 2 aromatic heterocycles. The van der Waals surface area contributed by atoms with E-state index in [-0.39, 0.29) is 0 Å². The molecule has 0 aliphatic rings. The Bertz CT molecular complexity index is 568. The lowest BCUT2D eigenvalue weighted by atomic mass is 10.2. The molecule has 4 nitrogen and oxygen atoms in total. The van der Waals surface area contributed by atoms with Gasteiger partial charge in [-0.25, -0.2) is 4.98 Å². The van der Waals surface area contributed by atoms with Crippen molar-refractivity contribution in [2.45, 2.75) is 33.3 Å². The summed E-state index contributed by atoms with van der Waals surface area (Å²) >= 11 is 0. The average Bonchev–Trinajstić information content (AvgIpc) is 2.41. The van der Waals surface area contributed by atoms with Crippen molar-refractivity contribution >= 4 is 0 Å². The molecule has 100 valence electrons. The van der Waals surface area contributed by atoms with E-state index in [1.54, 1.807) is 25.3 Å². The van der Waals surface area contributed by atoms with Crippen molar-refractivity contribution < 1.29 is 9.84 Å². The molecule has 4 heteroatoms. The van der Waals surface area contributed by atoms with Gasteiger partial charge in [0.2, 0.25) is 5.88 Å². The Morgan fingerprint density at radius 1 is 1.32 bits per heavy atom. The van der Waals surface area contributed by atoms with Crippen LogP contribution >= 0.6 is 0 Å². The van der Waals surface area contributed by atoms with Crippen molar-refractivity contribution in [3.05, 3.63) is 47.4 Å². The lowest BCUT2D eigenvalue weighted by Crippen LogP contribution is -2.01. The molecular formula is C15H18N2O2. The third-order valence-corrected chi connectivity index (χ3v) is 2.86. The molecule has 0 amide bonds. The topological polar surface area (TPSA) is 55.2 Å². The molecule has 2 heterocycles. The van der Waals surface area contributed by atoms with E-state index in [1.165, 1.54) is 0 Å². The van der Waals surface area contributed by atoms with Crippen LogP contribution in [0.25, 0.3) is 0 Å². The second kappa shape index (κ2) is 5.80. The van der Waals surface area contributed by atoms with Gasteiger partial charge in [-0.3, -0.25) is 4.98 Å². The zero-order valence-electron chi connectivity index (χ0n) is 11.4. The summed E-state index contributed by atoms with van der Waals surface area (Å²) in [6.07, 6.45) is 1.81. The molecule has 0 spiro atoms. The number of aryl methyl sites for hydroxylation is 2. The van der Waals surface area contributed by atoms with Gasteiger partial charge in [-0.15, -0.1) is 0 Å². The van der Waals surface area contributed by atoms with Gasteiger partial charge in [-0.2, -0.15) is 0 Å². The van der Waals surface area contributed by atoms with E-state index in [9.17, 15) is 5.11 Å². The minimum absolute atomic E-state index is 0.429.